The molecule has 8 heteroatoms. The first-order valence-electron chi connectivity index (χ1n) is 9.66. The Hall–Kier alpha value is -3.21. The normalized spacial score (nSPS) is 16.4. The number of halogens is 2. The number of rotatable bonds is 9. The van der Waals surface area contributed by atoms with Crippen LogP contribution in [0.15, 0.2) is 41.8 Å². The Morgan fingerprint density at radius 1 is 1.40 bits per heavy atom. The van der Waals surface area contributed by atoms with Gasteiger partial charge in [-0.3, -0.25) is 9.59 Å². The number of hydrogen-bond acceptors (Lipinski definition) is 5. The van der Waals surface area contributed by atoms with Crippen molar-refractivity contribution in [2.75, 3.05) is 12.3 Å². The summed E-state index contributed by atoms with van der Waals surface area (Å²) < 4.78 is 32.5. The fourth-order valence-electron chi connectivity index (χ4n) is 3.23. The maximum Gasteiger partial charge on any atom is 0.223 e. The molecule has 1 aliphatic carbocycles. The number of nitrogens with two attached hydrogens (primary N) is 1. The number of carbonyl (C=O) groups is 2. The van der Waals surface area contributed by atoms with Crippen molar-refractivity contribution in [2.45, 2.75) is 45.1 Å². The highest BCUT2D eigenvalue weighted by molar-refractivity contribution is 5.91. The average molecular weight is 417 g/mol. The zero-order valence-electron chi connectivity index (χ0n) is 16.8. The number of carbonyl (C=O) groups excluding carboxylic acids is 2. The van der Waals surface area contributed by atoms with Crippen LogP contribution >= 0.6 is 0 Å². The van der Waals surface area contributed by atoms with E-state index in [9.17, 15) is 18.4 Å². The highest BCUT2D eigenvalue weighted by atomic mass is 19.1. The SMILES string of the molecule is C#C/C=C(F)\C(OCC(=O)C(Cc1ccc(N)nc1)NC(=O)C1CCCC1)=C(/C)F. The number of Topliss-reactive ketones (excluding diaryl/α,β-unsaturated/α-hetero) is 1. The standard InChI is InChI=1S/C22H25F2N3O3/c1-3-6-17(24)21(14(2)23)30-13-19(28)18(11-15-9-10-20(25)26-12-15)27-22(29)16-7-4-5-8-16/h1,6,9-10,12,16,18H,4-5,7-8,11,13H2,2H3,(H2,25,26)(H,27,29)/b17-6+,21-14-. The van der Waals surface area contributed by atoms with Crippen molar-refractivity contribution in [3.8, 4) is 12.3 Å². The first-order valence-corrected chi connectivity index (χ1v) is 9.66. The summed E-state index contributed by atoms with van der Waals surface area (Å²) in [5.41, 5.74) is 6.25. The van der Waals surface area contributed by atoms with Gasteiger partial charge in [-0.1, -0.05) is 24.8 Å². The minimum atomic E-state index is -1.10. The van der Waals surface area contributed by atoms with Crippen LogP contribution in [0.2, 0.25) is 0 Å². The molecule has 3 N–H and O–H groups in total. The van der Waals surface area contributed by atoms with Crippen molar-refractivity contribution in [1.29, 1.82) is 0 Å². The third-order valence-electron chi connectivity index (χ3n) is 4.82. The molecule has 1 fully saturated rings. The molecule has 1 heterocycles. The summed E-state index contributed by atoms with van der Waals surface area (Å²) in [6.07, 6.45) is 10.8. The first kappa shape index (κ1) is 23.1. The third-order valence-corrected chi connectivity index (χ3v) is 4.82. The monoisotopic (exact) mass is 417 g/mol. The van der Waals surface area contributed by atoms with Gasteiger partial charge in [0.2, 0.25) is 5.91 Å². The summed E-state index contributed by atoms with van der Waals surface area (Å²) in [4.78, 5) is 29.3. The fourth-order valence-corrected chi connectivity index (χ4v) is 3.23. The maximum absolute atomic E-state index is 13.9. The zero-order chi connectivity index (χ0) is 22.1. The Morgan fingerprint density at radius 3 is 2.67 bits per heavy atom. The molecule has 1 amide bonds. The van der Waals surface area contributed by atoms with Crippen molar-refractivity contribution >= 4 is 17.5 Å². The number of nitrogens with zero attached hydrogens (tertiary/aromatic N) is 1. The topological polar surface area (TPSA) is 94.3 Å². The average Bonchev–Trinajstić information content (AvgIpc) is 3.24. The lowest BCUT2D eigenvalue weighted by molar-refractivity contribution is -0.131. The van der Waals surface area contributed by atoms with E-state index in [4.69, 9.17) is 16.9 Å². The number of ketones is 1. The van der Waals surface area contributed by atoms with Crippen LogP contribution in [0, 0.1) is 18.3 Å². The Bertz CT molecular complexity index is 863. The lowest BCUT2D eigenvalue weighted by Crippen LogP contribution is -2.46. The molecule has 30 heavy (non-hydrogen) atoms. The molecule has 0 bridgehead atoms. The summed E-state index contributed by atoms with van der Waals surface area (Å²) in [5, 5.41) is 2.75. The van der Waals surface area contributed by atoms with Crippen LogP contribution in [0.25, 0.3) is 0 Å². The molecule has 2 rings (SSSR count). The molecule has 1 atom stereocenters. The second-order valence-corrected chi connectivity index (χ2v) is 7.11. The fraction of sp³-hybridized carbons (Fsp3) is 0.409. The van der Waals surface area contributed by atoms with Crippen LogP contribution in [0.1, 0.15) is 38.2 Å². The number of pyridine rings is 1. The molecule has 0 radical (unpaired) electrons. The van der Waals surface area contributed by atoms with Crippen LogP contribution in [0.4, 0.5) is 14.6 Å². The predicted molar refractivity (Wildman–Crippen MR) is 109 cm³/mol. The van der Waals surface area contributed by atoms with Crippen LogP contribution in [0.5, 0.6) is 0 Å². The molecule has 160 valence electrons. The molecule has 1 saturated carbocycles. The lowest BCUT2D eigenvalue weighted by atomic mass is 10.0. The van der Waals surface area contributed by atoms with Crippen molar-refractivity contribution in [2.24, 2.45) is 5.92 Å². The molecule has 6 nitrogen and oxygen atoms in total. The van der Waals surface area contributed by atoms with E-state index in [1.807, 2.05) is 5.92 Å². The van der Waals surface area contributed by atoms with Crippen LogP contribution in [-0.2, 0) is 20.7 Å². The molecule has 0 saturated heterocycles. The first-order chi connectivity index (χ1) is 14.3. The summed E-state index contributed by atoms with van der Waals surface area (Å²) in [7, 11) is 0. The van der Waals surface area contributed by atoms with E-state index >= 15 is 0 Å². The van der Waals surface area contributed by atoms with Gasteiger partial charge in [-0.25, -0.2) is 13.8 Å². The minimum Gasteiger partial charge on any atom is -0.480 e. The Balaban J connectivity index is 2.13. The second kappa shape index (κ2) is 11.1. The van der Waals surface area contributed by atoms with Gasteiger partial charge < -0.3 is 15.8 Å². The van der Waals surface area contributed by atoms with Gasteiger partial charge in [0.1, 0.15) is 18.3 Å². The number of nitrogens with one attached hydrogen (secondary N) is 1. The van der Waals surface area contributed by atoms with Gasteiger partial charge in [0.05, 0.1) is 6.04 Å². The number of nitrogen functional groups attached to an aromatic ring is 1. The lowest BCUT2D eigenvalue weighted by Gasteiger charge is -2.20. The van der Waals surface area contributed by atoms with E-state index in [-0.39, 0.29) is 18.2 Å². The van der Waals surface area contributed by atoms with Crippen LogP contribution < -0.4 is 11.1 Å². The summed E-state index contributed by atoms with van der Waals surface area (Å²) in [5.74, 6) is -1.44. The molecular weight excluding hydrogens is 392 g/mol. The Kier molecular flexibility index (Phi) is 8.54. The van der Waals surface area contributed by atoms with Crippen molar-refractivity contribution in [3.63, 3.8) is 0 Å². The van der Waals surface area contributed by atoms with Crippen molar-refractivity contribution < 1.29 is 23.1 Å². The minimum absolute atomic E-state index is 0.143. The van der Waals surface area contributed by atoms with E-state index in [1.165, 1.54) is 6.20 Å². The molecule has 1 aliphatic rings. The molecule has 0 aromatic carbocycles. The number of amides is 1. The summed E-state index contributed by atoms with van der Waals surface area (Å²) in [6, 6.07) is 2.33. The van der Waals surface area contributed by atoms with Crippen molar-refractivity contribution in [3.05, 3.63) is 47.4 Å². The summed E-state index contributed by atoms with van der Waals surface area (Å²) in [6.45, 7) is 0.351. The third kappa shape index (κ3) is 6.69. The number of aromatic nitrogens is 1. The van der Waals surface area contributed by atoms with Gasteiger partial charge in [0.25, 0.3) is 0 Å². The highest BCUT2D eigenvalue weighted by Gasteiger charge is 2.28. The summed E-state index contributed by atoms with van der Waals surface area (Å²) >= 11 is 0. The highest BCUT2D eigenvalue weighted by Crippen LogP contribution is 2.25. The van der Waals surface area contributed by atoms with Gasteiger partial charge in [-0.15, -0.1) is 6.42 Å². The van der Waals surface area contributed by atoms with E-state index in [2.05, 4.69) is 10.3 Å². The van der Waals surface area contributed by atoms with Gasteiger partial charge in [0, 0.05) is 24.6 Å². The zero-order valence-corrected chi connectivity index (χ0v) is 16.8. The number of allylic oxidation sites excluding steroid dienone is 3. The largest absolute Gasteiger partial charge is 0.480 e. The second-order valence-electron chi connectivity index (χ2n) is 7.11. The van der Waals surface area contributed by atoms with Crippen molar-refractivity contribution in [1.82, 2.24) is 10.3 Å². The van der Waals surface area contributed by atoms with Gasteiger partial charge in [-0.05, 0) is 31.4 Å². The molecular formula is C22H25F2N3O3. The van der Waals surface area contributed by atoms with E-state index in [0.717, 1.165) is 32.6 Å². The number of terminal acetylenes is 1. The molecule has 1 aromatic rings. The van der Waals surface area contributed by atoms with E-state index in [1.54, 1.807) is 12.1 Å². The maximum atomic E-state index is 13.9. The Morgan fingerprint density at radius 2 is 2.10 bits per heavy atom. The smallest absolute Gasteiger partial charge is 0.223 e. The molecule has 1 unspecified atom stereocenters. The van der Waals surface area contributed by atoms with E-state index in [0.29, 0.717) is 17.5 Å². The van der Waals surface area contributed by atoms with Crippen LogP contribution in [-0.4, -0.2) is 29.3 Å². The van der Waals surface area contributed by atoms with E-state index < -0.39 is 35.8 Å². The predicted octanol–water partition coefficient (Wildman–Crippen LogP) is 3.15. The number of hydrogen-bond donors (Lipinski definition) is 2. The number of anilines is 1. The van der Waals surface area contributed by atoms with Gasteiger partial charge >= 0.3 is 0 Å². The quantitative estimate of drug-likeness (QED) is 0.366. The van der Waals surface area contributed by atoms with Gasteiger partial charge in [0.15, 0.2) is 17.4 Å². The van der Waals surface area contributed by atoms with Gasteiger partial charge in [-0.2, -0.15) is 0 Å². The number of ether oxygens (including phenoxy) is 1. The molecule has 0 aliphatic heterocycles. The Labute approximate surface area is 174 Å². The molecule has 1 aromatic heterocycles. The van der Waals surface area contributed by atoms with Crippen LogP contribution in [0.3, 0.4) is 0 Å². The molecule has 0 spiro atoms.